The maximum atomic E-state index is 12.7. The molecule has 0 bridgehead atoms. The first-order valence-electron chi connectivity index (χ1n) is 7.36. The lowest BCUT2D eigenvalue weighted by Gasteiger charge is -2.01. The van der Waals surface area contributed by atoms with Crippen LogP contribution in [0.3, 0.4) is 0 Å². The molecule has 2 rings (SSSR count). The first-order valence-corrected chi connectivity index (χ1v) is 7.36. The topological polar surface area (TPSA) is 25.8 Å². The van der Waals surface area contributed by atoms with Gasteiger partial charge in [-0.2, -0.15) is 0 Å². The summed E-state index contributed by atoms with van der Waals surface area (Å²) in [6, 6.07) is 6.08. The van der Waals surface area contributed by atoms with E-state index >= 15 is 0 Å². The third-order valence-corrected chi connectivity index (χ3v) is 3.27. The number of benzene rings is 1. The summed E-state index contributed by atoms with van der Waals surface area (Å²) >= 11 is 0. The first-order chi connectivity index (χ1) is 10.2. The number of nitrogens with zero attached hydrogens (tertiary/aromatic N) is 2. The van der Waals surface area contributed by atoms with Crippen molar-refractivity contribution in [3.05, 3.63) is 54.4 Å². The van der Waals surface area contributed by atoms with Crippen LogP contribution in [-0.4, -0.2) is 16.1 Å². The average Bonchev–Trinajstić information content (AvgIpc) is 2.47. The van der Waals surface area contributed by atoms with E-state index < -0.39 is 6.17 Å². The minimum atomic E-state index is -0.719. The molecule has 1 aromatic heterocycles. The van der Waals surface area contributed by atoms with Gasteiger partial charge in [0.2, 0.25) is 0 Å². The van der Waals surface area contributed by atoms with Gasteiger partial charge >= 0.3 is 0 Å². The van der Waals surface area contributed by atoms with Crippen LogP contribution < -0.4 is 0 Å². The molecule has 1 aromatic carbocycles. The molecule has 1 unspecified atom stereocenters. The molecule has 0 aliphatic carbocycles. The summed E-state index contributed by atoms with van der Waals surface area (Å²) in [5, 5.41) is 0. The van der Waals surface area contributed by atoms with E-state index in [1.165, 1.54) is 5.56 Å². The van der Waals surface area contributed by atoms with Crippen molar-refractivity contribution in [3.63, 3.8) is 0 Å². The average molecular weight is 284 g/mol. The second-order valence-corrected chi connectivity index (χ2v) is 5.22. The summed E-state index contributed by atoms with van der Waals surface area (Å²) in [5.74, 6) is 0. The Kier molecular flexibility index (Phi) is 5.61. The SMILES string of the molecule is C=CCc1ccc2nc(/C=C/CCCC(C)F)cnc2c1. The molecule has 1 heterocycles. The number of allylic oxidation sites excluding steroid dienone is 2. The number of halogens is 1. The van der Waals surface area contributed by atoms with Gasteiger partial charge in [-0.05, 0) is 56.4 Å². The summed E-state index contributed by atoms with van der Waals surface area (Å²) < 4.78 is 12.7. The standard InChI is InChI=1S/C18H21FN2/c1-3-7-15-10-11-17-18(12-15)20-13-16(21-17)9-6-4-5-8-14(2)19/h3,6,9-14H,1,4-5,7-8H2,2H3/b9-6+. The molecule has 0 aliphatic heterocycles. The van der Waals surface area contributed by atoms with Gasteiger partial charge in [-0.1, -0.05) is 18.2 Å². The molecule has 0 radical (unpaired) electrons. The summed E-state index contributed by atoms with van der Waals surface area (Å²) in [4.78, 5) is 9.00. The number of hydrogen-bond donors (Lipinski definition) is 0. The van der Waals surface area contributed by atoms with Crippen LogP contribution in [0, 0.1) is 0 Å². The second-order valence-electron chi connectivity index (χ2n) is 5.22. The number of hydrogen-bond acceptors (Lipinski definition) is 2. The predicted molar refractivity (Wildman–Crippen MR) is 86.9 cm³/mol. The second kappa shape index (κ2) is 7.67. The van der Waals surface area contributed by atoms with E-state index in [1.807, 2.05) is 30.4 Å². The zero-order valence-electron chi connectivity index (χ0n) is 12.4. The fourth-order valence-corrected chi connectivity index (χ4v) is 2.17. The van der Waals surface area contributed by atoms with Crippen molar-refractivity contribution >= 4 is 17.1 Å². The van der Waals surface area contributed by atoms with Gasteiger partial charge in [0.15, 0.2) is 0 Å². The third kappa shape index (κ3) is 4.78. The van der Waals surface area contributed by atoms with Crippen molar-refractivity contribution in [2.75, 3.05) is 0 Å². The fourth-order valence-electron chi connectivity index (χ4n) is 2.17. The zero-order valence-corrected chi connectivity index (χ0v) is 12.4. The lowest BCUT2D eigenvalue weighted by atomic mass is 10.1. The van der Waals surface area contributed by atoms with Crippen LogP contribution in [0.4, 0.5) is 4.39 Å². The summed E-state index contributed by atoms with van der Waals surface area (Å²) in [5.41, 5.74) is 3.82. The molecule has 0 amide bonds. The molecule has 3 heteroatoms. The van der Waals surface area contributed by atoms with E-state index in [0.717, 1.165) is 36.0 Å². The maximum Gasteiger partial charge on any atom is 0.0973 e. The summed E-state index contributed by atoms with van der Waals surface area (Å²) in [7, 11) is 0. The Labute approximate surface area is 125 Å². The Morgan fingerprint density at radius 1 is 1.33 bits per heavy atom. The highest BCUT2D eigenvalue weighted by molar-refractivity contribution is 5.75. The van der Waals surface area contributed by atoms with E-state index in [4.69, 9.17) is 0 Å². The third-order valence-electron chi connectivity index (χ3n) is 3.27. The molecular formula is C18H21FN2. The van der Waals surface area contributed by atoms with E-state index in [9.17, 15) is 4.39 Å². The van der Waals surface area contributed by atoms with Gasteiger partial charge in [-0.3, -0.25) is 4.98 Å². The minimum absolute atomic E-state index is 0.611. The van der Waals surface area contributed by atoms with Crippen LogP contribution in [0.2, 0.25) is 0 Å². The van der Waals surface area contributed by atoms with Gasteiger partial charge in [-0.15, -0.1) is 6.58 Å². The molecule has 0 saturated carbocycles. The molecule has 0 aliphatic rings. The molecule has 21 heavy (non-hydrogen) atoms. The van der Waals surface area contributed by atoms with E-state index in [-0.39, 0.29) is 0 Å². The van der Waals surface area contributed by atoms with Gasteiger partial charge in [0.1, 0.15) is 0 Å². The molecule has 0 N–H and O–H groups in total. The van der Waals surface area contributed by atoms with Crippen LogP contribution in [0.15, 0.2) is 43.1 Å². The van der Waals surface area contributed by atoms with Gasteiger partial charge in [-0.25, -0.2) is 9.37 Å². The molecule has 0 spiro atoms. The molecule has 0 fully saturated rings. The van der Waals surface area contributed by atoms with Gasteiger partial charge in [0.05, 0.1) is 29.1 Å². The Morgan fingerprint density at radius 3 is 2.95 bits per heavy atom. The number of rotatable bonds is 7. The van der Waals surface area contributed by atoms with E-state index in [0.29, 0.717) is 6.42 Å². The quantitative estimate of drug-likeness (QED) is 0.534. The fraction of sp³-hybridized carbons (Fsp3) is 0.333. The maximum absolute atomic E-state index is 12.7. The Balaban J connectivity index is 2.03. The van der Waals surface area contributed by atoms with E-state index in [1.54, 1.807) is 13.1 Å². The van der Waals surface area contributed by atoms with Gasteiger partial charge in [0.25, 0.3) is 0 Å². The highest BCUT2D eigenvalue weighted by Crippen LogP contribution is 2.14. The van der Waals surface area contributed by atoms with Crippen molar-refractivity contribution in [1.29, 1.82) is 0 Å². The lowest BCUT2D eigenvalue weighted by molar-refractivity contribution is 0.335. The monoisotopic (exact) mass is 284 g/mol. The number of unbranched alkanes of at least 4 members (excludes halogenated alkanes) is 1. The normalized spacial score (nSPS) is 12.9. The minimum Gasteiger partial charge on any atom is -0.252 e. The first kappa shape index (κ1) is 15.4. The molecule has 1 atom stereocenters. The number of aromatic nitrogens is 2. The van der Waals surface area contributed by atoms with Crippen molar-refractivity contribution < 1.29 is 4.39 Å². The lowest BCUT2D eigenvalue weighted by Crippen LogP contribution is -1.91. The Bertz CT molecular complexity index is 632. The van der Waals surface area contributed by atoms with Crippen LogP contribution in [0.25, 0.3) is 17.1 Å². The van der Waals surface area contributed by atoms with Crippen molar-refractivity contribution in [2.24, 2.45) is 0 Å². The Hall–Kier alpha value is -2.03. The highest BCUT2D eigenvalue weighted by atomic mass is 19.1. The van der Waals surface area contributed by atoms with Crippen LogP contribution in [0.1, 0.15) is 37.4 Å². The smallest absolute Gasteiger partial charge is 0.0973 e. The Morgan fingerprint density at radius 2 is 2.19 bits per heavy atom. The molecule has 0 saturated heterocycles. The zero-order chi connectivity index (χ0) is 15.1. The van der Waals surface area contributed by atoms with Gasteiger partial charge < -0.3 is 0 Å². The number of fused-ring (bicyclic) bond motifs is 1. The largest absolute Gasteiger partial charge is 0.252 e. The van der Waals surface area contributed by atoms with Crippen molar-refractivity contribution in [1.82, 2.24) is 9.97 Å². The predicted octanol–water partition coefficient (Wildman–Crippen LogP) is 4.90. The number of alkyl halides is 1. The van der Waals surface area contributed by atoms with Crippen LogP contribution in [0.5, 0.6) is 0 Å². The van der Waals surface area contributed by atoms with Crippen molar-refractivity contribution in [3.8, 4) is 0 Å². The van der Waals surface area contributed by atoms with Crippen LogP contribution >= 0.6 is 0 Å². The van der Waals surface area contributed by atoms with E-state index in [2.05, 4.69) is 22.6 Å². The molecular weight excluding hydrogens is 263 g/mol. The van der Waals surface area contributed by atoms with Gasteiger partial charge in [0, 0.05) is 0 Å². The molecule has 110 valence electrons. The summed E-state index contributed by atoms with van der Waals surface area (Å²) in [6.45, 7) is 5.34. The molecule has 2 nitrogen and oxygen atoms in total. The summed E-state index contributed by atoms with van der Waals surface area (Å²) in [6.07, 6.45) is 10.1. The molecule has 2 aromatic rings. The van der Waals surface area contributed by atoms with Crippen LogP contribution in [-0.2, 0) is 6.42 Å². The highest BCUT2D eigenvalue weighted by Gasteiger charge is 2.00. The van der Waals surface area contributed by atoms with Crippen molar-refractivity contribution in [2.45, 2.75) is 38.8 Å².